The van der Waals surface area contributed by atoms with Crippen molar-refractivity contribution < 1.29 is 14.3 Å². The van der Waals surface area contributed by atoms with Crippen LogP contribution in [0.1, 0.15) is 6.92 Å². The second-order valence-electron chi connectivity index (χ2n) is 4.32. The molecule has 0 saturated carbocycles. The predicted molar refractivity (Wildman–Crippen MR) is 63.5 cm³/mol. The summed E-state index contributed by atoms with van der Waals surface area (Å²) in [5.74, 6) is 0.0515. The molecule has 1 saturated heterocycles. The Labute approximate surface area is 102 Å². The highest BCUT2D eigenvalue weighted by Gasteiger charge is 2.14. The van der Waals surface area contributed by atoms with Gasteiger partial charge in [-0.3, -0.25) is 9.59 Å². The Hall–Kier alpha value is -1.14. The minimum absolute atomic E-state index is 0.107. The number of rotatable bonds is 4. The van der Waals surface area contributed by atoms with Crippen LogP contribution in [0.25, 0.3) is 0 Å². The number of hydrogen-bond donors (Lipinski definition) is 2. The van der Waals surface area contributed by atoms with Crippen LogP contribution >= 0.6 is 0 Å². The molecule has 0 aromatic heterocycles. The van der Waals surface area contributed by atoms with Crippen molar-refractivity contribution in [1.29, 1.82) is 0 Å². The van der Waals surface area contributed by atoms with Crippen LogP contribution in [0.5, 0.6) is 0 Å². The molecule has 0 aromatic carbocycles. The lowest BCUT2D eigenvalue weighted by Crippen LogP contribution is -2.41. The number of likely N-dealkylation sites (N-methyl/N-ethyl adjacent to an activating group) is 1. The lowest BCUT2D eigenvalue weighted by molar-refractivity contribution is -0.133. The fraction of sp³-hybridized carbons (Fsp3) is 0.818. The summed E-state index contributed by atoms with van der Waals surface area (Å²) in [6.45, 7) is 5.22. The van der Waals surface area contributed by atoms with Gasteiger partial charge in [0.1, 0.15) is 0 Å². The molecule has 1 fully saturated rings. The van der Waals surface area contributed by atoms with E-state index < -0.39 is 0 Å². The average Bonchev–Trinajstić information content (AvgIpc) is 2.54. The number of nitrogens with one attached hydrogen (secondary N) is 2. The third kappa shape index (κ3) is 5.65. The van der Waals surface area contributed by atoms with Crippen LogP contribution in [0.15, 0.2) is 0 Å². The summed E-state index contributed by atoms with van der Waals surface area (Å²) in [5.41, 5.74) is 0. The summed E-state index contributed by atoms with van der Waals surface area (Å²) < 4.78 is 5.38. The van der Waals surface area contributed by atoms with Gasteiger partial charge in [0.25, 0.3) is 0 Å². The topological polar surface area (TPSA) is 70.7 Å². The molecule has 1 heterocycles. The van der Waals surface area contributed by atoms with Gasteiger partial charge in [0.2, 0.25) is 11.8 Å². The van der Waals surface area contributed by atoms with Crippen molar-refractivity contribution in [2.24, 2.45) is 5.92 Å². The molecule has 6 nitrogen and oxygen atoms in total. The molecule has 98 valence electrons. The molecule has 6 heteroatoms. The van der Waals surface area contributed by atoms with Gasteiger partial charge in [0, 0.05) is 39.5 Å². The Balaban J connectivity index is 2.20. The molecule has 2 N–H and O–H groups in total. The zero-order valence-electron chi connectivity index (χ0n) is 10.5. The maximum absolute atomic E-state index is 11.5. The molecule has 0 spiro atoms. The van der Waals surface area contributed by atoms with Crippen LogP contribution < -0.4 is 10.6 Å². The number of carbonyl (C=O) groups excluding carboxylic acids is 2. The van der Waals surface area contributed by atoms with Gasteiger partial charge < -0.3 is 20.3 Å². The van der Waals surface area contributed by atoms with Gasteiger partial charge in [0.05, 0.1) is 19.8 Å². The smallest absolute Gasteiger partial charge is 0.239 e. The molecule has 0 bridgehead atoms. The lowest BCUT2D eigenvalue weighted by atomic mass is 10.1. The first-order valence-electron chi connectivity index (χ1n) is 5.86. The van der Waals surface area contributed by atoms with E-state index in [1.165, 1.54) is 11.8 Å². The van der Waals surface area contributed by atoms with Crippen molar-refractivity contribution in [2.45, 2.75) is 6.92 Å². The van der Waals surface area contributed by atoms with Crippen LogP contribution in [0.4, 0.5) is 0 Å². The highest BCUT2D eigenvalue weighted by Crippen LogP contribution is 1.98. The summed E-state index contributed by atoms with van der Waals surface area (Å²) in [5, 5.41) is 6.05. The third-order valence-electron chi connectivity index (χ3n) is 2.72. The zero-order valence-corrected chi connectivity index (χ0v) is 10.5. The van der Waals surface area contributed by atoms with Crippen molar-refractivity contribution in [3.05, 3.63) is 0 Å². The van der Waals surface area contributed by atoms with Crippen LogP contribution in [-0.4, -0.2) is 63.2 Å². The lowest BCUT2D eigenvalue weighted by Gasteiger charge is -2.17. The number of hydrogen-bond acceptors (Lipinski definition) is 4. The minimum atomic E-state index is -0.132. The molecular formula is C11H21N3O3. The summed E-state index contributed by atoms with van der Waals surface area (Å²) in [7, 11) is 1.61. The van der Waals surface area contributed by atoms with E-state index in [1.54, 1.807) is 7.05 Å². The molecule has 1 unspecified atom stereocenters. The van der Waals surface area contributed by atoms with Crippen molar-refractivity contribution in [3.8, 4) is 0 Å². The maximum atomic E-state index is 11.5. The Morgan fingerprint density at radius 2 is 2.29 bits per heavy atom. The second kappa shape index (κ2) is 7.24. The standard InChI is InChI=1S/C11H21N3O3/c1-9(15)14(2)7-11(16)13-6-10-5-12-3-4-17-8-10/h10,12H,3-8H2,1-2H3,(H,13,16). The maximum Gasteiger partial charge on any atom is 0.239 e. The van der Waals surface area contributed by atoms with E-state index in [1.807, 2.05) is 0 Å². The van der Waals surface area contributed by atoms with E-state index in [0.29, 0.717) is 19.1 Å². The molecule has 1 aliphatic rings. The quantitative estimate of drug-likeness (QED) is 0.652. The van der Waals surface area contributed by atoms with Crippen molar-refractivity contribution in [2.75, 3.05) is 46.4 Å². The fourth-order valence-electron chi connectivity index (χ4n) is 1.53. The number of amides is 2. The summed E-state index contributed by atoms with van der Waals surface area (Å²) in [4.78, 5) is 23.9. The zero-order chi connectivity index (χ0) is 12.7. The van der Waals surface area contributed by atoms with Crippen molar-refractivity contribution in [1.82, 2.24) is 15.5 Å². The first-order valence-corrected chi connectivity index (χ1v) is 5.86. The SMILES string of the molecule is CC(=O)N(C)CC(=O)NCC1CNCCOC1. The highest BCUT2D eigenvalue weighted by molar-refractivity contribution is 5.83. The molecule has 1 rings (SSSR count). The van der Waals surface area contributed by atoms with Gasteiger partial charge in [-0.15, -0.1) is 0 Å². The average molecular weight is 243 g/mol. The number of nitrogens with zero attached hydrogens (tertiary/aromatic N) is 1. The van der Waals surface area contributed by atoms with Crippen LogP contribution in [0.2, 0.25) is 0 Å². The second-order valence-corrected chi connectivity index (χ2v) is 4.32. The Kier molecular flexibility index (Phi) is 5.93. The van der Waals surface area contributed by atoms with Crippen LogP contribution in [0.3, 0.4) is 0 Å². The Morgan fingerprint density at radius 1 is 1.53 bits per heavy atom. The van der Waals surface area contributed by atoms with Gasteiger partial charge >= 0.3 is 0 Å². The van der Waals surface area contributed by atoms with Crippen LogP contribution in [0, 0.1) is 5.92 Å². The third-order valence-corrected chi connectivity index (χ3v) is 2.72. The van der Waals surface area contributed by atoms with E-state index >= 15 is 0 Å². The van der Waals surface area contributed by atoms with Gasteiger partial charge in [0.15, 0.2) is 0 Å². The van der Waals surface area contributed by atoms with E-state index in [9.17, 15) is 9.59 Å². The Bertz CT molecular complexity index is 263. The van der Waals surface area contributed by atoms with E-state index in [-0.39, 0.29) is 18.4 Å². The van der Waals surface area contributed by atoms with Crippen molar-refractivity contribution >= 4 is 11.8 Å². The first-order chi connectivity index (χ1) is 8.09. The van der Waals surface area contributed by atoms with E-state index in [2.05, 4.69) is 10.6 Å². The first kappa shape index (κ1) is 13.9. The molecule has 1 aliphatic heterocycles. The molecule has 17 heavy (non-hydrogen) atoms. The summed E-state index contributed by atoms with van der Waals surface area (Å²) in [6.07, 6.45) is 0. The van der Waals surface area contributed by atoms with E-state index in [4.69, 9.17) is 4.74 Å². The molecule has 2 amide bonds. The molecule has 1 atom stereocenters. The largest absolute Gasteiger partial charge is 0.380 e. The number of carbonyl (C=O) groups is 2. The van der Waals surface area contributed by atoms with Crippen LogP contribution in [-0.2, 0) is 14.3 Å². The van der Waals surface area contributed by atoms with Gasteiger partial charge in [-0.2, -0.15) is 0 Å². The predicted octanol–water partition coefficient (Wildman–Crippen LogP) is -1.18. The minimum Gasteiger partial charge on any atom is -0.380 e. The highest BCUT2D eigenvalue weighted by atomic mass is 16.5. The molecule has 0 aliphatic carbocycles. The van der Waals surface area contributed by atoms with Gasteiger partial charge in [-0.1, -0.05) is 0 Å². The monoisotopic (exact) mass is 243 g/mol. The molecule has 0 radical (unpaired) electrons. The normalized spacial score (nSPS) is 20.5. The van der Waals surface area contributed by atoms with Gasteiger partial charge in [-0.05, 0) is 0 Å². The van der Waals surface area contributed by atoms with Gasteiger partial charge in [-0.25, -0.2) is 0 Å². The fourth-order valence-corrected chi connectivity index (χ4v) is 1.53. The molecular weight excluding hydrogens is 222 g/mol. The number of ether oxygens (including phenoxy) is 1. The van der Waals surface area contributed by atoms with E-state index in [0.717, 1.165) is 19.7 Å². The Morgan fingerprint density at radius 3 is 3.00 bits per heavy atom. The summed E-state index contributed by atoms with van der Waals surface area (Å²) in [6, 6.07) is 0. The summed E-state index contributed by atoms with van der Waals surface area (Å²) >= 11 is 0. The molecule has 0 aromatic rings. The van der Waals surface area contributed by atoms with Crippen molar-refractivity contribution in [3.63, 3.8) is 0 Å².